The van der Waals surface area contributed by atoms with Crippen molar-refractivity contribution in [1.29, 1.82) is 0 Å². The molecule has 4 nitrogen and oxygen atoms in total. The molecule has 1 aliphatic heterocycles. The van der Waals surface area contributed by atoms with E-state index in [1.807, 2.05) is 0 Å². The van der Waals surface area contributed by atoms with Crippen LogP contribution in [0.3, 0.4) is 0 Å². The Labute approximate surface area is 71.6 Å². The van der Waals surface area contributed by atoms with Crippen LogP contribution in [0.5, 0.6) is 0 Å². The van der Waals surface area contributed by atoms with Crippen molar-refractivity contribution in [3.05, 3.63) is 11.8 Å². The van der Waals surface area contributed by atoms with E-state index < -0.39 is 24.0 Å². The fraction of sp³-hybridized carbons (Fsp3) is 0.500. The third-order valence-electron chi connectivity index (χ3n) is 1.54. The molecule has 1 atom stereocenters. The lowest BCUT2D eigenvalue weighted by atomic mass is 10.2. The van der Waals surface area contributed by atoms with Crippen LogP contribution in [-0.2, 0) is 0 Å². The maximum Gasteiger partial charge on any atom is 0.418 e. The van der Waals surface area contributed by atoms with Gasteiger partial charge in [-0.2, -0.15) is 13.2 Å². The molecule has 1 aliphatic rings. The van der Waals surface area contributed by atoms with E-state index in [0.717, 1.165) is 11.9 Å². The van der Waals surface area contributed by atoms with E-state index in [4.69, 9.17) is 5.11 Å². The molecule has 0 fully saturated rings. The Morgan fingerprint density at radius 1 is 1.62 bits per heavy atom. The molecule has 74 valence electrons. The zero-order valence-electron chi connectivity index (χ0n) is 6.59. The minimum absolute atomic E-state index is 0.559. The molecule has 2 N–H and O–H groups in total. The largest absolute Gasteiger partial charge is 0.418 e. The topological polar surface area (TPSA) is 52.6 Å². The Kier molecular flexibility index (Phi) is 2.21. The van der Waals surface area contributed by atoms with Gasteiger partial charge in [-0.1, -0.05) is 0 Å². The number of hydrogen-bond acceptors (Lipinski definition) is 2. The number of nitrogens with zero attached hydrogens (tertiary/aromatic N) is 1. The zero-order valence-corrected chi connectivity index (χ0v) is 6.59. The quantitative estimate of drug-likeness (QED) is 0.589. The third kappa shape index (κ3) is 1.92. The summed E-state index contributed by atoms with van der Waals surface area (Å²) >= 11 is 0. The Morgan fingerprint density at radius 3 is 2.62 bits per heavy atom. The van der Waals surface area contributed by atoms with Crippen LogP contribution in [-0.4, -0.2) is 35.5 Å². The molecule has 7 heteroatoms. The summed E-state index contributed by atoms with van der Waals surface area (Å²) in [6.45, 7) is 0. The molecule has 1 heterocycles. The summed E-state index contributed by atoms with van der Waals surface area (Å²) in [6.07, 6.45) is -6.06. The first-order valence-electron chi connectivity index (χ1n) is 3.32. The van der Waals surface area contributed by atoms with Gasteiger partial charge in [0, 0.05) is 13.2 Å². The van der Waals surface area contributed by atoms with Crippen molar-refractivity contribution in [3.8, 4) is 0 Å². The number of carbonyl (C=O) groups is 1. The lowest BCUT2D eigenvalue weighted by molar-refractivity contribution is -0.109. The van der Waals surface area contributed by atoms with Crippen LogP contribution in [0.25, 0.3) is 0 Å². The van der Waals surface area contributed by atoms with Crippen LogP contribution in [0.1, 0.15) is 0 Å². The van der Waals surface area contributed by atoms with Crippen LogP contribution in [0.2, 0.25) is 0 Å². The van der Waals surface area contributed by atoms with Gasteiger partial charge in [-0.15, -0.1) is 0 Å². The van der Waals surface area contributed by atoms with Crippen LogP contribution in [0.4, 0.5) is 18.0 Å². The maximum atomic E-state index is 12.1. The fourth-order valence-corrected chi connectivity index (χ4v) is 0.863. The molecule has 0 aromatic carbocycles. The molecule has 13 heavy (non-hydrogen) atoms. The summed E-state index contributed by atoms with van der Waals surface area (Å²) in [7, 11) is 1.16. The van der Waals surface area contributed by atoms with Gasteiger partial charge in [0.25, 0.3) is 0 Å². The Morgan fingerprint density at radius 2 is 2.15 bits per heavy atom. The van der Waals surface area contributed by atoms with E-state index in [-0.39, 0.29) is 0 Å². The minimum atomic E-state index is -4.64. The molecule has 0 aliphatic carbocycles. The third-order valence-corrected chi connectivity index (χ3v) is 1.54. The maximum absolute atomic E-state index is 12.1. The average molecular weight is 196 g/mol. The Balaban J connectivity index is 2.97. The van der Waals surface area contributed by atoms with Crippen molar-refractivity contribution in [3.63, 3.8) is 0 Å². The van der Waals surface area contributed by atoms with E-state index in [0.29, 0.717) is 6.20 Å². The van der Waals surface area contributed by atoms with E-state index in [9.17, 15) is 18.0 Å². The lowest BCUT2D eigenvalue weighted by Crippen LogP contribution is -2.49. The minimum Gasteiger partial charge on any atom is -0.369 e. The molecule has 0 radical (unpaired) electrons. The second-order valence-corrected chi connectivity index (χ2v) is 2.55. The first-order valence-corrected chi connectivity index (χ1v) is 3.32. The van der Waals surface area contributed by atoms with Gasteiger partial charge in [0.15, 0.2) is 6.23 Å². The van der Waals surface area contributed by atoms with Gasteiger partial charge in [-0.25, -0.2) is 4.79 Å². The number of aliphatic hydroxyl groups is 1. The van der Waals surface area contributed by atoms with Crippen molar-refractivity contribution in [2.75, 3.05) is 7.05 Å². The van der Waals surface area contributed by atoms with E-state index >= 15 is 0 Å². The standard InChI is InChI=1S/C6H7F3N2O2/c1-11-2-3(6(7,8)9)4(12)10-5(11)13/h2,4,12H,1H3,(H,10,13). The highest BCUT2D eigenvalue weighted by Crippen LogP contribution is 2.29. The van der Waals surface area contributed by atoms with Crippen LogP contribution < -0.4 is 5.32 Å². The van der Waals surface area contributed by atoms with Gasteiger partial charge in [-0.3, -0.25) is 0 Å². The fourth-order valence-electron chi connectivity index (χ4n) is 0.863. The SMILES string of the molecule is CN1C=C(C(F)(F)F)C(O)NC1=O. The highest BCUT2D eigenvalue weighted by atomic mass is 19.4. The molecule has 0 aromatic rings. The second kappa shape index (κ2) is 2.91. The number of alkyl halides is 3. The van der Waals surface area contributed by atoms with Crippen molar-refractivity contribution in [2.24, 2.45) is 0 Å². The number of nitrogens with one attached hydrogen (secondary N) is 1. The second-order valence-electron chi connectivity index (χ2n) is 2.55. The monoisotopic (exact) mass is 196 g/mol. The van der Waals surface area contributed by atoms with Crippen LogP contribution in [0.15, 0.2) is 11.8 Å². The van der Waals surface area contributed by atoms with Crippen LogP contribution in [0, 0.1) is 0 Å². The number of aliphatic hydroxyl groups excluding tert-OH is 1. The zero-order chi connectivity index (χ0) is 10.2. The molecule has 0 bridgehead atoms. The first kappa shape index (κ1) is 9.85. The van der Waals surface area contributed by atoms with Gasteiger partial charge in [0.1, 0.15) is 0 Å². The van der Waals surface area contributed by atoms with Gasteiger partial charge in [0.05, 0.1) is 5.57 Å². The summed E-state index contributed by atoms with van der Waals surface area (Å²) in [4.78, 5) is 11.4. The molecule has 1 unspecified atom stereocenters. The van der Waals surface area contributed by atoms with Gasteiger partial charge in [-0.05, 0) is 0 Å². The average Bonchev–Trinajstić information content (AvgIpc) is 1.94. The summed E-state index contributed by atoms with van der Waals surface area (Å²) < 4.78 is 36.3. The van der Waals surface area contributed by atoms with E-state index in [2.05, 4.69) is 0 Å². The molecule has 0 saturated carbocycles. The summed E-state index contributed by atoms with van der Waals surface area (Å²) in [6, 6.07) is -0.777. The molecule has 2 amide bonds. The number of hydrogen-bond donors (Lipinski definition) is 2. The van der Waals surface area contributed by atoms with Crippen molar-refractivity contribution in [2.45, 2.75) is 12.4 Å². The molecular formula is C6H7F3N2O2. The van der Waals surface area contributed by atoms with Gasteiger partial charge in [0.2, 0.25) is 0 Å². The van der Waals surface area contributed by atoms with E-state index in [1.54, 1.807) is 5.32 Å². The van der Waals surface area contributed by atoms with Crippen molar-refractivity contribution >= 4 is 6.03 Å². The van der Waals surface area contributed by atoms with Crippen molar-refractivity contribution in [1.82, 2.24) is 10.2 Å². The predicted molar refractivity (Wildman–Crippen MR) is 36.4 cm³/mol. The predicted octanol–water partition coefficient (Wildman–Crippen LogP) is 0.406. The number of rotatable bonds is 0. The van der Waals surface area contributed by atoms with Crippen molar-refractivity contribution < 1.29 is 23.1 Å². The highest BCUT2D eigenvalue weighted by Gasteiger charge is 2.41. The Bertz CT molecular complexity index is 261. The molecular weight excluding hydrogens is 189 g/mol. The summed E-state index contributed by atoms with van der Waals surface area (Å²) in [5.74, 6) is 0. The summed E-state index contributed by atoms with van der Waals surface area (Å²) in [5, 5.41) is 10.6. The number of amides is 2. The highest BCUT2D eigenvalue weighted by molar-refractivity contribution is 5.77. The van der Waals surface area contributed by atoms with E-state index in [1.165, 1.54) is 0 Å². The Hall–Kier alpha value is -1.24. The lowest BCUT2D eigenvalue weighted by Gasteiger charge is -2.27. The summed E-state index contributed by atoms with van der Waals surface area (Å²) in [5.41, 5.74) is -1.19. The normalized spacial score (nSPS) is 24.1. The number of halogens is 3. The smallest absolute Gasteiger partial charge is 0.369 e. The molecule has 0 saturated heterocycles. The first-order chi connectivity index (χ1) is 5.82. The van der Waals surface area contributed by atoms with Gasteiger partial charge < -0.3 is 15.3 Å². The number of urea groups is 1. The molecule has 1 rings (SSSR count). The number of carbonyl (C=O) groups excluding carboxylic acids is 1. The molecule has 0 aromatic heterocycles. The van der Waals surface area contributed by atoms with Crippen LogP contribution >= 0.6 is 0 Å². The molecule has 0 spiro atoms. The van der Waals surface area contributed by atoms with Gasteiger partial charge >= 0.3 is 12.2 Å².